The quantitative estimate of drug-likeness (QED) is 0.807. The van der Waals surface area contributed by atoms with Gasteiger partial charge in [0.2, 0.25) is 0 Å². The van der Waals surface area contributed by atoms with E-state index in [0.29, 0.717) is 12.1 Å². The fraction of sp³-hybridized carbons (Fsp3) is 0.500. The van der Waals surface area contributed by atoms with Crippen LogP contribution in [-0.2, 0) is 6.42 Å². The summed E-state index contributed by atoms with van der Waals surface area (Å²) in [6.45, 7) is 2.16. The van der Waals surface area contributed by atoms with Gasteiger partial charge in [0.25, 0.3) is 0 Å². The predicted molar refractivity (Wildman–Crippen MR) is 63.3 cm³/mol. The molecule has 0 aliphatic heterocycles. The van der Waals surface area contributed by atoms with Crippen LogP contribution in [0.2, 0.25) is 5.02 Å². The molecule has 0 fully saturated rings. The second kappa shape index (κ2) is 6.38. The molecule has 0 bridgehead atoms. The van der Waals surface area contributed by atoms with Crippen LogP contribution in [0, 0.1) is 5.82 Å². The molecule has 0 aliphatic carbocycles. The van der Waals surface area contributed by atoms with Crippen molar-refractivity contribution in [3.05, 3.63) is 34.6 Å². The van der Waals surface area contributed by atoms with E-state index in [0.717, 1.165) is 0 Å². The summed E-state index contributed by atoms with van der Waals surface area (Å²) in [5.41, 5.74) is 0.493. The molecule has 1 aromatic rings. The van der Waals surface area contributed by atoms with E-state index in [9.17, 15) is 17.6 Å². The lowest BCUT2D eigenvalue weighted by atomic mass is 10.0. The van der Waals surface area contributed by atoms with Gasteiger partial charge in [-0.05, 0) is 30.7 Å². The number of likely N-dealkylation sites (N-methyl/N-ethyl adjacent to an activating group) is 1. The van der Waals surface area contributed by atoms with Crippen molar-refractivity contribution in [3.8, 4) is 0 Å². The highest BCUT2D eigenvalue weighted by Crippen LogP contribution is 2.24. The molecule has 1 unspecified atom stereocenters. The first kappa shape index (κ1) is 15.2. The number of halogens is 5. The van der Waals surface area contributed by atoms with Crippen molar-refractivity contribution < 1.29 is 17.6 Å². The second-order valence-corrected chi connectivity index (χ2v) is 4.43. The maximum atomic E-state index is 13.2. The maximum absolute atomic E-state index is 13.2. The Hall–Kier alpha value is -0.810. The molecule has 6 heteroatoms. The van der Waals surface area contributed by atoms with Gasteiger partial charge < -0.3 is 5.32 Å². The van der Waals surface area contributed by atoms with Gasteiger partial charge in [0.05, 0.1) is 11.4 Å². The highest BCUT2D eigenvalue weighted by molar-refractivity contribution is 6.30. The topological polar surface area (TPSA) is 12.0 Å². The molecule has 18 heavy (non-hydrogen) atoms. The van der Waals surface area contributed by atoms with E-state index in [1.165, 1.54) is 18.2 Å². The van der Waals surface area contributed by atoms with Crippen LogP contribution in [0.3, 0.4) is 0 Å². The van der Waals surface area contributed by atoms with Crippen molar-refractivity contribution in [1.82, 2.24) is 5.32 Å². The summed E-state index contributed by atoms with van der Waals surface area (Å²) in [5, 5.41) is 2.71. The van der Waals surface area contributed by atoms with Crippen LogP contribution < -0.4 is 5.32 Å². The van der Waals surface area contributed by atoms with Gasteiger partial charge in [-0.3, -0.25) is 0 Å². The summed E-state index contributed by atoms with van der Waals surface area (Å²) in [5.74, 6) is -0.614. The third kappa shape index (κ3) is 5.23. The number of rotatable bonds is 5. The number of nitrogens with one attached hydrogen (secondary N) is 1. The van der Waals surface area contributed by atoms with E-state index in [4.69, 9.17) is 11.6 Å². The summed E-state index contributed by atoms with van der Waals surface area (Å²) in [7, 11) is 0. The van der Waals surface area contributed by atoms with Crippen molar-refractivity contribution in [1.29, 1.82) is 0 Å². The molecule has 1 nitrogen and oxygen atoms in total. The normalized spacial score (nSPS) is 13.7. The standard InChI is InChI=1S/C12H14ClF4N/c1-2-18-9(7-12(15,16)17)5-8-3-4-10(13)11(14)6-8/h3-4,6,9,18H,2,5,7H2,1H3. The molecular formula is C12H14ClF4N. The summed E-state index contributed by atoms with van der Waals surface area (Å²) >= 11 is 5.51. The van der Waals surface area contributed by atoms with Crippen molar-refractivity contribution >= 4 is 11.6 Å². The van der Waals surface area contributed by atoms with E-state index in [1.54, 1.807) is 6.92 Å². The smallest absolute Gasteiger partial charge is 0.314 e. The first-order chi connectivity index (χ1) is 8.31. The minimum absolute atomic E-state index is 0.0328. The Kier molecular flexibility index (Phi) is 5.41. The van der Waals surface area contributed by atoms with Gasteiger partial charge in [0, 0.05) is 6.04 Å². The summed E-state index contributed by atoms with van der Waals surface area (Å²) < 4.78 is 50.2. The molecule has 0 saturated heterocycles. The number of alkyl halides is 3. The Labute approximate surface area is 108 Å². The predicted octanol–water partition coefficient (Wildman–Crippen LogP) is 3.95. The molecule has 0 aromatic heterocycles. The molecule has 1 N–H and O–H groups in total. The van der Waals surface area contributed by atoms with Gasteiger partial charge in [-0.15, -0.1) is 0 Å². The number of hydrogen-bond acceptors (Lipinski definition) is 1. The summed E-state index contributed by atoms with van der Waals surface area (Å²) in [6, 6.07) is 3.30. The molecule has 0 saturated carbocycles. The first-order valence-corrected chi connectivity index (χ1v) is 5.93. The van der Waals surface area contributed by atoms with Gasteiger partial charge >= 0.3 is 6.18 Å². The van der Waals surface area contributed by atoms with Gasteiger partial charge in [0.1, 0.15) is 5.82 Å². The Morgan fingerprint density at radius 1 is 1.33 bits per heavy atom. The second-order valence-electron chi connectivity index (χ2n) is 4.03. The lowest BCUT2D eigenvalue weighted by Gasteiger charge is -2.19. The molecule has 0 heterocycles. The van der Waals surface area contributed by atoms with E-state index in [2.05, 4.69) is 5.32 Å². The molecule has 0 spiro atoms. The SMILES string of the molecule is CCNC(Cc1ccc(Cl)c(F)c1)CC(F)(F)F. The van der Waals surface area contributed by atoms with Crippen LogP contribution in [0.25, 0.3) is 0 Å². The van der Waals surface area contributed by atoms with Crippen LogP contribution in [0.15, 0.2) is 18.2 Å². The Morgan fingerprint density at radius 2 is 2.00 bits per heavy atom. The molecule has 1 aromatic carbocycles. The zero-order valence-corrected chi connectivity index (χ0v) is 10.6. The fourth-order valence-corrected chi connectivity index (χ4v) is 1.85. The molecule has 1 rings (SSSR count). The lowest BCUT2D eigenvalue weighted by Crippen LogP contribution is -2.35. The van der Waals surface area contributed by atoms with E-state index in [-0.39, 0.29) is 11.4 Å². The van der Waals surface area contributed by atoms with Crippen LogP contribution in [0.5, 0.6) is 0 Å². The number of benzene rings is 1. The average Bonchev–Trinajstić information content (AvgIpc) is 2.21. The van der Waals surface area contributed by atoms with Crippen LogP contribution in [-0.4, -0.2) is 18.8 Å². The Bertz CT molecular complexity index is 392. The molecule has 1 atom stereocenters. The lowest BCUT2D eigenvalue weighted by molar-refractivity contribution is -0.139. The zero-order chi connectivity index (χ0) is 13.8. The average molecular weight is 284 g/mol. The minimum atomic E-state index is -4.24. The first-order valence-electron chi connectivity index (χ1n) is 5.56. The van der Waals surface area contributed by atoms with E-state index < -0.39 is 24.5 Å². The third-order valence-corrected chi connectivity index (χ3v) is 2.74. The highest BCUT2D eigenvalue weighted by Gasteiger charge is 2.31. The Morgan fingerprint density at radius 3 is 2.50 bits per heavy atom. The summed E-state index contributed by atoms with van der Waals surface area (Å²) in [4.78, 5) is 0. The highest BCUT2D eigenvalue weighted by atomic mass is 35.5. The number of hydrogen-bond donors (Lipinski definition) is 1. The zero-order valence-electron chi connectivity index (χ0n) is 9.82. The van der Waals surface area contributed by atoms with Crippen LogP contribution in [0.4, 0.5) is 17.6 Å². The molecule has 102 valence electrons. The van der Waals surface area contributed by atoms with Crippen molar-refractivity contribution in [2.45, 2.75) is 32.0 Å². The van der Waals surface area contributed by atoms with Crippen molar-refractivity contribution in [2.75, 3.05) is 6.54 Å². The fourth-order valence-electron chi connectivity index (χ4n) is 1.74. The van der Waals surface area contributed by atoms with Gasteiger partial charge in [-0.25, -0.2) is 4.39 Å². The molecule has 0 amide bonds. The molecular weight excluding hydrogens is 270 g/mol. The van der Waals surface area contributed by atoms with Gasteiger partial charge in [0.15, 0.2) is 0 Å². The largest absolute Gasteiger partial charge is 0.390 e. The third-order valence-electron chi connectivity index (χ3n) is 2.44. The summed E-state index contributed by atoms with van der Waals surface area (Å²) in [6.07, 6.45) is -5.07. The van der Waals surface area contributed by atoms with Gasteiger partial charge in [-0.2, -0.15) is 13.2 Å². The monoisotopic (exact) mass is 283 g/mol. The van der Waals surface area contributed by atoms with E-state index >= 15 is 0 Å². The van der Waals surface area contributed by atoms with Crippen molar-refractivity contribution in [2.24, 2.45) is 0 Å². The van der Waals surface area contributed by atoms with Gasteiger partial charge in [-0.1, -0.05) is 24.6 Å². The maximum Gasteiger partial charge on any atom is 0.390 e. The molecule has 0 radical (unpaired) electrons. The van der Waals surface area contributed by atoms with Crippen LogP contribution >= 0.6 is 11.6 Å². The van der Waals surface area contributed by atoms with Crippen LogP contribution in [0.1, 0.15) is 18.9 Å². The van der Waals surface area contributed by atoms with E-state index in [1.807, 2.05) is 0 Å². The minimum Gasteiger partial charge on any atom is -0.314 e. The molecule has 0 aliphatic rings. The Balaban J connectivity index is 2.73. The van der Waals surface area contributed by atoms with Crippen molar-refractivity contribution in [3.63, 3.8) is 0 Å².